The van der Waals surface area contributed by atoms with Crippen LogP contribution in [0.3, 0.4) is 0 Å². The molecule has 0 fully saturated rings. The van der Waals surface area contributed by atoms with E-state index in [1.807, 2.05) is 0 Å². The highest BCUT2D eigenvalue weighted by atomic mass is 16.6. The molecule has 0 amide bonds. The standard InChI is InChI=1S/C12H18N2O6/c15-7-11(17)5-13(6-12(18)8-16)9-2-1-3-10(4-9)14(19)20/h1-4,11-12,15-18H,5-8H2. The largest absolute Gasteiger partial charge is 0.394 e. The van der Waals surface area contributed by atoms with Crippen LogP contribution in [0.1, 0.15) is 0 Å². The molecule has 0 saturated carbocycles. The molecule has 0 heterocycles. The highest BCUT2D eigenvalue weighted by Crippen LogP contribution is 2.21. The molecular formula is C12H18N2O6. The summed E-state index contributed by atoms with van der Waals surface area (Å²) in [6.45, 7) is -0.981. The number of nitro benzene ring substituents is 1. The average Bonchev–Trinajstić information content (AvgIpc) is 2.46. The number of nitro groups is 1. The zero-order valence-corrected chi connectivity index (χ0v) is 10.8. The fraction of sp³-hybridized carbons (Fsp3) is 0.500. The summed E-state index contributed by atoms with van der Waals surface area (Å²) in [5.41, 5.74) is 0.295. The van der Waals surface area contributed by atoms with E-state index in [1.54, 1.807) is 6.07 Å². The average molecular weight is 286 g/mol. The van der Waals surface area contributed by atoms with E-state index in [0.29, 0.717) is 5.69 Å². The molecule has 20 heavy (non-hydrogen) atoms. The van der Waals surface area contributed by atoms with Gasteiger partial charge in [0.1, 0.15) is 0 Å². The summed E-state index contributed by atoms with van der Waals surface area (Å²) in [6, 6.07) is 5.69. The van der Waals surface area contributed by atoms with Crippen LogP contribution in [0, 0.1) is 10.1 Å². The van der Waals surface area contributed by atoms with Crippen LogP contribution in [-0.4, -0.2) is 63.9 Å². The van der Waals surface area contributed by atoms with Crippen molar-refractivity contribution in [1.82, 2.24) is 0 Å². The molecule has 0 bridgehead atoms. The van der Waals surface area contributed by atoms with Gasteiger partial charge in [0.2, 0.25) is 0 Å². The maximum absolute atomic E-state index is 10.7. The Morgan fingerprint density at radius 3 is 2.15 bits per heavy atom. The fourth-order valence-corrected chi connectivity index (χ4v) is 1.71. The van der Waals surface area contributed by atoms with E-state index in [4.69, 9.17) is 10.2 Å². The van der Waals surface area contributed by atoms with Gasteiger partial charge in [-0.15, -0.1) is 0 Å². The third kappa shape index (κ3) is 4.74. The minimum atomic E-state index is -1.06. The second kappa shape index (κ2) is 7.75. The molecule has 0 aliphatic rings. The van der Waals surface area contributed by atoms with Gasteiger partial charge in [0.05, 0.1) is 30.3 Å². The molecule has 0 aliphatic carbocycles. The molecule has 0 saturated heterocycles. The minimum Gasteiger partial charge on any atom is -0.394 e. The van der Waals surface area contributed by atoms with Crippen molar-refractivity contribution in [3.05, 3.63) is 34.4 Å². The Labute approximate surface area is 115 Å². The molecule has 1 rings (SSSR count). The monoisotopic (exact) mass is 286 g/mol. The maximum atomic E-state index is 10.7. The summed E-state index contributed by atoms with van der Waals surface area (Å²) in [5, 5.41) is 47.4. The van der Waals surface area contributed by atoms with Crippen molar-refractivity contribution < 1.29 is 25.3 Å². The summed E-state index contributed by atoms with van der Waals surface area (Å²) in [4.78, 5) is 11.7. The predicted octanol–water partition coefficient (Wildman–Crippen LogP) is -0.892. The van der Waals surface area contributed by atoms with Crippen molar-refractivity contribution in [1.29, 1.82) is 0 Å². The summed E-state index contributed by atoms with van der Waals surface area (Å²) >= 11 is 0. The molecule has 2 unspecified atom stereocenters. The molecule has 8 heteroatoms. The molecule has 1 aromatic rings. The van der Waals surface area contributed by atoms with Gasteiger partial charge in [-0.05, 0) is 6.07 Å². The van der Waals surface area contributed by atoms with Crippen molar-refractivity contribution in [3.8, 4) is 0 Å². The molecule has 1 aromatic carbocycles. The molecule has 4 N–H and O–H groups in total. The van der Waals surface area contributed by atoms with E-state index >= 15 is 0 Å². The van der Waals surface area contributed by atoms with Crippen molar-refractivity contribution in [2.45, 2.75) is 12.2 Å². The number of benzene rings is 1. The lowest BCUT2D eigenvalue weighted by atomic mass is 10.2. The number of hydrogen-bond donors (Lipinski definition) is 4. The third-order valence-corrected chi connectivity index (χ3v) is 2.69. The van der Waals surface area contributed by atoms with E-state index in [0.717, 1.165) is 0 Å². The van der Waals surface area contributed by atoms with Crippen molar-refractivity contribution in [2.24, 2.45) is 0 Å². The molecule has 112 valence electrons. The Bertz CT molecular complexity index is 430. The van der Waals surface area contributed by atoms with Gasteiger partial charge in [0.15, 0.2) is 0 Å². The highest BCUT2D eigenvalue weighted by molar-refractivity contribution is 5.53. The number of nitrogens with zero attached hydrogens (tertiary/aromatic N) is 2. The maximum Gasteiger partial charge on any atom is 0.271 e. The molecule has 0 aliphatic heterocycles. The molecule has 0 aromatic heterocycles. The summed E-state index contributed by atoms with van der Waals surface area (Å²) in [5.74, 6) is 0. The number of aliphatic hydroxyl groups excluding tert-OH is 4. The summed E-state index contributed by atoms with van der Waals surface area (Å²) < 4.78 is 0. The Hall–Kier alpha value is -1.74. The fourth-order valence-electron chi connectivity index (χ4n) is 1.71. The van der Waals surface area contributed by atoms with Crippen LogP contribution < -0.4 is 4.90 Å². The number of hydrogen-bond acceptors (Lipinski definition) is 7. The van der Waals surface area contributed by atoms with E-state index in [9.17, 15) is 20.3 Å². The van der Waals surface area contributed by atoms with E-state index < -0.39 is 30.3 Å². The van der Waals surface area contributed by atoms with Gasteiger partial charge >= 0.3 is 0 Å². The normalized spacial score (nSPS) is 13.8. The SMILES string of the molecule is O=[N+]([O-])c1cccc(N(CC(O)CO)CC(O)CO)c1. The molecule has 8 nitrogen and oxygen atoms in total. The van der Waals surface area contributed by atoms with Crippen molar-refractivity contribution >= 4 is 11.4 Å². The zero-order chi connectivity index (χ0) is 15.1. The van der Waals surface area contributed by atoms with E-state index in [-0.39, 0.29) is 18.8 Å². The van der Waals surface area contributed by atoms with Gasteiger partial charge in [-0.25, -0.2) is 0 Å². The number of anilines is 1. The first-order valence-corrected chi connectivity index (χ1v) is 6.05. The first-order valence-electron chi connectivity index (χ1n) is 6.05. The van der Waals surface area contributed by atoms with Gasteiger partial charge in [-0.2, -0.15) is 0 Å². The Kier molecular flexibility index (Phi) is 6.32. The number of non-ortho nitro benzene ring substituents is 1. The lowest BCUT2D eigenvalue weighted by Gasteiger charge is -2.28. The first kappa shape index (κ1) is 16.3. The zero-order valence-electron chi connectivity index (χ0n) is 10.8. The molecule has 0 radical (unpaired) electrons. The summed E-state index contributed by atoms with van der Waals surface area (Å²) in [7, 11) is 0. The van der Waals surface area contributed by atoms with Crippen LogP contribution in [0.15, 0.2) is 24.3 Å². The quantitative estimate of drug-likeness (QED) is 0.360. The van der Waals surface area contributed by atoms with Gasteiger partial charge in [-0.3, -0.25) is 10.1 Å². The van der Waals surface area contributed by atoms with Crippen molar-refractivity contribution in [3.63, 3.8) is 0 Å². The predicted molar refractivity (Wildman–Crippen MR) is 71.5 cm³/mol. The Balaban J connectivity index is 2.96. The van der Waals surface area contributed by atoms with Gasteiger partial charge in [0, 0.05) is 30.9 Å². The second-order valence-corrected chi connectivity index (χ2v) is 4.35. The Morgan fingerprint density at radius 1 is 1.15 bits per heavy atom. The molecular weight excluding hydrogens is 268 g/mol. The van der Waals surface area contributed by atoms with Crippen LogP contribution >= 0.6 is 0 Å². The van der Waals surface area contributed by atoms with Gasteiger partial charge < -0.3 is 25.3 Å². The van der Waals surface area contributed by atoms with Crippen LogP contribution in [0.5, 0.6) is 0 Å². The van der Waals surface area contributed by atoms with Crippen molar-refractivity contribution in [2.75, 3.05) is 31.2 Å². The topological polar surface area (TPSA) is 127 Å². The molecule has 0 spiro atoms. The number of aliphatic hydroxyl groups is 4. The highest BCUT2D eigenvalue weighted by Gasteiger charge is 2.17. The third-order valence-electron chi connectivity index (χ3n) is 2.69. The smallest absolute Gasteiger partial charge is 0.271 e. The van der Waals surface area contributed by atoms with E-state index in [2.05, 4.69) is 0 Å². The van der Waals surface area contributed by atoms with Gasteiger partial charge in [-0.1, -0.05) is 6.07 Å². The van der Waals surface area contributed by atoms with E-state index in [1.165, 1.54) is 23.1 Å². The second-order valence-electron chi connectivity index (χ2n) is 4.35. The first-order chi connectivity index (χ1) is 9.47. The van der Waals surface area contributed by atoms with Crippen LogP contribution in [0.25, 0.3) is 0 Å². The number of rotatable bonds is 8. The molecule has 2 atom stereocenters. The van der Waals surface area contributed by atoms with Crippen LogP contribution in [-0.2, 0) is 0 Å². The Morgan fingerprint density at radius 2 is 1.70 bits per heavy atom. The van der Waals surface area contributed by atoms with Crippen LogP contribution in [0.2, 0.25) is 0 Å². The van der Waals surface area contributed by atoms with Gasteiger partial charge in [0.25, 0.3) is 5.69 Å². The lowest BCUT2D eigenvalue weighted by Crippen LogP contribution is -2.40. The van der Waals surface area contributed by atoms with Crippen LogP contribution in [0.4, 0.5) is 11.4 Å². The summed E-state index contributed by atoms with van der Waals surface area (Å²) in [6.07, 6.45) is -2.11. The minimum absolute atomic E-state index is 0.0191. The lowest BCUT2D eigenvalue weighted by molar-refractivity contribution is -0.384.